The third kappa shape index (κ3) is 3.39. The standard InChI is InChI=1S/C14H13ClN2O3/c1-2-20-12-4-3-10(15)8-11(12)17-14(19)9-5-6-16-13(18)7-9/h3-8H,2H2,1H3,(H,16,18)(H,17,19). The Balaban J connectivity index is 2.27. The van der Waals surface area contributed by atoms with Crippen LogP contribution >= 0.6 is 11.6 Å². The van der Waals surface area contributed by atoms with Crippen molar-refractivity contribution in [1.29, 1.82) is 0 Å². The second-order valence-electron chi connectivity index (χ2n) is 3.97. The molecule has 2 rings (SSSR count). The van der Waals surface area contributed by atoms with Gasteiger partial charge in [-0.3, -0.25) is 9.59 Å². The molecule has 1 aromatic heterocycles. The van der Waals surface area contributed by atoms with Gasteiger partial charge < -0.3 is 15.0 Å². The molecule has 1 heterocycles. The second kappa shape index (κ2) is 6.25. The Morgan fingerprint density at radius 1 is 1.35 bits per heavy atom. The predicted octanol–water partition coefficient (Wildman–Crippen LogP) is 2.68. The summed E-state index contributed by atoms with van der Waals surface area (Å²) in [4.78, 5) is 25.7. The largest absolute Gasteiger partial charge is 0.492 e. The smallest absolute Gasteiger partial charge is 0.256 e. The molecule has 6 heteroatoms. The van der Waals surface area contributed by atoms with Crippen LogP contribution in [0.5, 0.6) is 5.75 Å². The van der Waals surface area contributed by atoms with Gasteiger partial charge in [0.05, 0.1) is 12.3 Å². The van der Waals surface area contributed by atoms with Gasteiger partial charge in [0.15, 0.2) is 0 Å². The first-order chi connectivity index (χ1) is 9.60. The minimum Gasteiger partial charge on any atom is -0.492 e. The van der Waals surface area contributed by atoms with Gasteiger partial charge in [-0.15, -0.1) is 0 Å². The highest BCUT2D eigenvalue weighted by molar-refractivity contribution is 6.31. The summed E-state index contributed by atoms with van der Waals surface area (Å²) in [6, 6.07) is 7.69. The Kier molecular flexibility index (Phi) is 4.42. The topological polar surface area (TPSA) is 71.2 Å². The number of ether oxygens (including phenoxy) is 1. The number of pyridine rings is 1. The Labute approximate surface area is 120 Å². The van der Waals surface area contributed by atoms with E-state index in [4.69, 9.17) is 16.3 Å². The van der Waals surface area contributed by atoms with Crippen molar-refractivity contribution in [3.8, 4) is 5.75 Å². The second-order valence-corrected chi connectivity index (χ2v) is 4.41. The number of carbonyl (C=O) groups is 1. The van der Waals surface area contributed by atoms with E-state index < -0.39 is 5.91 Å². The highest BCUT2D eigenvalue weighted by Gasteiger charge is 2.11. The van der Waals surface area contributed by atoms with Crippen molar-refractivity contribution in [2.45, 2.75) is 6.92 Å². The van der Waals surface area contributed by atoms with E-state index in [0.29, 0.717) is 23.1 Å². The minimum atomic E-state index is -0.403. The zero-order chi connectivity index (χ0) is 14.5. The molecule has 20 heavy (non-hydrogen) atoms. The summed E-state index contributed by atoms with van der Waals surface area (Å²) in [5.74, 6) is 0.120. The van der Waals surface area contributed by atoms with E-state index in [0.717, 1.165) is 0 Å². The van der Waals surface area contributed by atoms with Crippen LogP contribution in [0.4, 0.5) is 5.69 Å². The third-order valence-electron chi connectivity index (χ3n) is 2.53. The average molecular weight is 293 g/mol. The average Bonchev–Trinajstić information content (AvgIpc) is 2.42. The monoisotopic (exact) mass is 292 g/mol. The number of anilines is 1. The van der Waals surface area contributed by atoms with E-state index in [9.17, 15) is 9.59 Å². The minimum absolute atomic E-state index is 0.260. The van der Waals surface area contributed by atoms with Crippen LogP contribution in [0.25, 0.3) is 0 Å². The number of nitrogens with one attached hydrogen (secondary N) is 2. The molecule has 0 saturated carbocycles. The first kappa shape index (κ1) is 14.1. The maximum Gasteiger partial charge on any atom is 0.256 e. The Morgan fingerprint density at radius 2 is 2.15 bits per heavy atom. The molecule has 0 aliphatic heterocycles. The fraction of sp³-hybridized carbons (Fsp3) is 0.143. The van der Waals surface area contributed by atoms with E-state index in [2.05, 4.69) is 10.3 Å². The lowest BCUT2D eigenvalue weighted by Gasteiger charge is -2.11. The number of benzene rings is 1. The molecule has 1 amide bonds. The molecule has 5 nitrogen and oxygen atoms in total. The van der Waals surface area contributed by atoms with Gasteiger partial charge in [0.25, 0.3) is 5.91 Å². The van der Waals surface area contributed by atoms with Crippen molar-refractivity contribution < 1.29 is 9.53 Å². The van der Waals surface area contributed by atoms with E-state index in [1.54, 1.807) is 18.2 Å². The summed E-state index contributed by atoms with van der Waals surface area (Å²) < 4.78 is 5.41. The molecule has 2 aromatic rings. The SMILES string of the molecule is CCOc1ccc(Cl)cc1NC(=O)c1cc[nH]c(=O)c1. The summed E-state index contributed by atoms with van der Waals surface area (Å²) >= 11 is 5.91. The van der Waals surface area contributed by atoms with E-state index in [1.165, 1.54) is 18.3 Å². The maximum atomic E-state index is 12.1. The number of halogens is 1. The molecule has 0 aliphatic rings. The molecule has 0 atom stereocenters. The fourth-order valence-electron chi connectivity index (χ4n) is 1.66. The fourth-order valence-corrected chi connectivity index (χ4v) is 1.83. The summed E-state index contributed by atoms with van der Waals surface area (Å²) in [7, 11) is 0. The van der Waals surface area contributed by atoms with Gasteiger partial charge in [0.1, 0.15) is 5.75 Å². The van der Waals surface area contributed by atoms with Gasteiger partial charge in [0.2, 0.25) is 5.56 Å². The Hall–Kier alpha value is -2.27. The quantitative estimate of drug-likeness (QED) is 0.910. The van der Waals surface area contributed by atoms with E-state index >= 15 is 0 Å². The molecular formula is C14H13ClN2O3. The molecule has 0 fully saturated rings. The van der Waals surface area contributed by atoms with Gasteiger partial charge >= 0.3 is 0 Å². The molecule has 0 saturated heterocycles. The first-order valence-corrected chi connectivity index (χ1v) is 6.40. The van der Waals surface area contributed by atoms with Gasteiger partial charge in [-0.2, -0.15) is 0 Å². The van der Waals surface area contributed by atoms with Gasteiger partial charge in [0, 0.05) is 22.8 Å². The van der Waals surface area contributed by atoms with Crippen molar-refractivity contribution in [1.82, 2.24) is 4.98 Å². The van der Waals surface area contributed by atoms with Crippen LogP contribution in [-0.2, 0) is 0 Å². The number of rotatable bonds is 4. The summed E-state index contributed by atoms with van der Waals surface area (Å²) in [5.41, 5.74) is 0.384. The van der Waals surface area contributed by atoms with Crippen molar-refractivity contribution >= 4 is 23.2 Å². The lowest BCUT2D eigenvalue weighted by molar-refractivity contribution is 0.102. The number of aromatic nitrogens is 1. The van der Waals surface area contributed by atoms with Crippen LogP contribution in [0.2, 0.25) is 5.02 Å². The van der Waals surface area contributed by atoms with Gasteiger partial charge in [-0.25, -0.2) is 0 Å². The lowest BCUT2D eigenvalue weighted by Crippen LogP contribution is -2.16. The van der Waals surface area contributed by atoms with Crippen molar-refractivity contribution in [3.63, 3.8) is 0 Å². The number of amides is 1. The van der Waals surface area contributed by atoms with Crippen LogP contribution in [0.15, 0.2) is 41.3 Å². The Bertz CT molecular complexity index is 682. The zero-order valence-electron chi connectivity index (χ0n) is 10.8. The zero-order valence-corrected chi connectivity index (χ0v) is 11.5. The number of hydrogen-bond acceptors (Lipinski definition) is 3. The molecular weight excluding hydrogens is 280 g/mol. The van der Waals surface area contributed by atoms with E-state index in [1.807, 2.05) is 6.92 Å². The highest BCUT2D eigenvalue weighted by atomic mass is 35.5. The van der Waals surface area contributed by atoms with Crippen molar-refractivity contribution in [2.24, 2.45) is 0 Å². The molecule has 0 unspecified atom stereocenters. The van der Waals surface area contributed by atoms with Crippen LogP contribution in [0.3, 0.4) is 0 Å². The van der Waals surface area contributed by atoms with Crippen molar-refractivity contribution in [2.75, 3.05) is 11.9 Å². The molecule has 0 aliphatic carbocycles. The van der Waals surface area contributed by atoms with E-state index in [-0.39, 0.29) is 11.1 Å². The van der Waals surface area contributed by atoms with Crippen LogP contribution in [0.1, 0.15) is 17.3 Å². The first-order valence-electron chi connectivity index (χ1n) is 6.02. The number of aromatic amines is 1. The lowest BCUT2D eigenvalue weighted by atomic mass is 10.2. The van der Waals surface area contributed by atoms with Crippen LogP contribution < -0.4 is 15.6 Å². The van der Waals surface area contributed by atoms with Crippen molar-refractivity contribution in [3.05, 3.63) is 57.5 Å². The number of H-pyrrole nitrogens is 1. The molecule has 1 aromatic carbocycles. The van der Waals surface area contributed by atoms with Crippen LogP contribution in [-0.4, -0.2) is 17.5 Å². The molecule has 0 radical (unpaired) electrons. The molecule has 0 spiro atoms. The van der Waals surface area contributed by atoms with Gasteiger partial charge in [-0.1, -0.05) is 11.6 Å². The summed E-state index contributed by atoms with van der Waals surface area (Å²) in [5, 5.41) is 3.16. The molecule has 104 valence electrons. The third-order valence-corrected chi connectivity index (χ3v) is 2.76. The normalized spacial score (nSPS) is 10.1. The van der Waals surface area contributed by atoms with Gasteiger partial charge in [-0.05, 0) is 31.2 Å². The number of carbonyl (C=O) groups excluding carboxylic acids is 1. The number of hydrogen-bond donors (Lipinski definition) is 2. The highest BCUT2D eigenvalue weighted by Crippen LogP contribution is 2.28. The molecule has 2 N–H and O–H groups in total. The maximum absolute atomic E-state index is 12.1. The van der Waals surface area contributed by atoms with Crippen LogP contribution in [0, 0.1) is 0 Å². The predicted molar refractivity (Wildman–Crippen MR) is 77.6 cm³/mol. The summed E-state index contributed by atoms with van der Waals surface area (Å²) in [6.45, 7) is 2.31. The Morgan fingerprint density at radius 3 is 2.85 bits per heavy atom. The molecule has 0 bridgehead atoms. The summed E-state index contributed by atoms with van der Waals surface area (Å²) in [6.07, 6.45) is 1.42.